The first-order chi connectivity index (χ1) is 7.69. The summed E-state index contributed by atoms with van der Waals surface area (Å²) in [7, 11) is 0. The molecule has 0 aliphatic heterocycles. The van der Waals surface area contributed by atoms with Gasteiger partial charge in [0.05, 0.1) is 0 Å². The average Bonchev–Trinajstić information content (AvgIpc) is 2.28. The van der Waals surface area contributed by atoms with Gasteiger partial charge >= 0.3 is 0 Å². The zero-order valence-corrected chi connectivity index (χ0v) is 12.4. The van der Waals surface area contributed by atoms with Crippen LogP contribution in [-0.4, -0.2) is 6.54 Å². The molecule has 1 aromatic rings. The zero-order chi connectivity index (χ0) is 12.0. The van der Waals surface area contributed by atoms with Crippen LogP contribution in [0.5, 0.6) is 0 Å². The lowest BCUT2D eigenvalue weighted by molar-refractivity contribution is 0.518. The summed E-state index contributed by atoms with van der Waals surface area (Å²) in [6.07, 6.45) is 4.04. The number of nitrogens with one attached hydrogen (secondary N) is 1. The Morgan fingerprint density at radius 2 is 2.31 bits per heavy atom. The molecule has 0 saturated heterocycles. The van der Waals surface area contributed by atoms with E-state index in [1.807, 2.05) is 12.1 Å². The summed E-state index contributed by atoms with van der Waals surface area (Å²) in [6, 6.07) is 6.42. The molecular weight excluding hydrogens is 333 g/mol. The van der Waals surface area contributed by atoms with Crippen LogP contribution >= 0.6 is 34.2 Å². The number of allylic oxidation sites excluding steroid dienone is 1. The van der Waals surface area contributed by atoms with Crippen molar-refractivity contribution in [2.24, 2.45) is 0 Å². The lowest BCUT2D eigenvalue weighted by atomic mass is 10.0. The van der Waals surface area contributed by atoms with Crippen LogP contribution < -0.4 is 5.32 Å². The fourth-order valence-electron chi connectivity index (χ4n) is 1.68. The predicted molar refractivity (Wildman–Crippen MR) is 80.0 cm³/mol. The summed E-state index contributed by atoms with van der Waals surface area (Å²) in [4.78, 5) is 0. The van der Waals surface area contributed by atoms with Gasteiger partial charge in [0.25, 0.3) is 0 Å². The molecular formula is C13H17ClIN. The molecule has 1 rings (SSSR count). The highest BCUT2D eigenvalue weighted by Gasteiger charge is 2.12. The highest BCUT2D eigenvalue weighted by atomic mass is 127. The van der Waals surface area contributed by atoms with Gasteiger partial charge in [0, 0.05) is 14.6 Å². The molecule has 0 amide bonds. The van der Waals surface area contributed by atoms with Gasteiger partial charge in [-0.15, -0.1) is 6.58 Å². The summed E-state index contributed by atoms with van der Waals surface area (Å²) in [6.45, 7) is 6.86. The summed E-state index contributed by atoms with van der Waals surface area (Å²) in [5.41, 5.74) is 1.29. The molecule has 1 atom stereocenters. The highest BCUT2D eigenvalue weighted by molar-refractivity contribution is 14.1. The van der Waals surface area contributed by atoms with E-state index < -0.39 is 0 Å². The standard InChI is InChI=1S/C13H17ClIN/c1-3-5-6-13(16-4-2)11-9-10(14)7-8-12(11)15/h3,7-9,13,16H,1,4-6H2,2H3. The lowest BCUT2D eigenvalue weighted by Gasteiger charge is -2.19. The molecule has 0 spiro atoms. The van der Waals surface area contributed by atoms with E-state index in [1.165, 1.54) is 9.13 Å². The van der Waals surface area contributed by atoms with Gasteiger partial charge in [0.2, 0.25) is 0 Å². The maximum Gasteiger partial charge on any atom is 0.0410 e. The van der Waals surface area contributed by atoms with Crippen molar-refractivity contribution in [3.8, 4) is 0 Å². The van der Waals surface area contributed by atoms with E-state index in [-0.39, 0.29) is 0 Å². The Morgan fingerprint density at radius 1 is 1.56 bits per heavy atom. The minimum atomic E-state index is 0.369. The van der Waals surface area contributed by atoms with E-state index in [9.17, 15) is 0 Å². The second kappa shape index (κ2) is 7.30. The fourth-order valence-corrected chi connectivity index (χ4v) is 2.57. The molecule has 0 aliphatic rings. The third-order valence-corrected chi connectivity index (χ3v) is 3.66. The van der Waals surface area contributed by atoms with Crippen molar-refractivity contribution in [3.05, 3.63) is 45.0 Å². The average molecular weight is 350 g/mol. The number of rotatable bonds is 6. The lowest BCUT2D eigenvalue weighted by Crippen LogP contribution is -2.21. The van der Waals surface area contributed by atoms with E-state index >= 15 is 0 Å². The molecule has 0 saturated carbocycles. The van der Waals surface area contributed by atoms with E-state index in [0.717, 1.165) is 24.4 Å². The Kier molecular flexibility index (Phi) is 6.39. The minimum Gasteiger partial charge on any atom is -0.310 e. The second-order valence-electron chi connectivity index (χ2n) is 3.64. The molecule has 0 radical (unpaired) electrons. The maximum atomic E-state index is 6.04. The van der Waals surface area contributed by atoms with E-state index in [0.29, 0.717) is 6.04 Å². The van der Waals surface area contributed by atoms with Crippen LogP contribution in [0.1, 0.15) is 31.4 Å². The molecule has 1 nitrogen and oxygen atoms in total. The van der Waals surface area contributed by atoms with Crippen LogP contribution in [0.4, 0.5) is 0 Å². The summed E-state index contributed by atoms with van der Waals surface area (Å²) >= 11 is 8.40. The van der Waals surface area contributed by atoms with Crippen molar-refractivity contribution in [3.63, 3.8) is 0 Å². The highest BCUT2D eigenvalue weighted by Crippen LogP contribution is 2.26. The van der Waals surface area contributed by atoms with Gasteiger partial charge in [0.1, 0.15) is 0 Å². The Morgan fingerprint density at radius 3 is 2.94 bits per heavy atom. The number of hydrogen-bond acceptors (Lipinski definition) is 1. The topological polar surface area (TPSA) is 12.0 Å². The molecule has 1 unspecified atom stereocenters. The van der Waals surface area contributed by atoms with Gasteiger partial charge < -0.3 is 5.32 Å². The largest absolute Gasteiger partial charge is 0.310 e. The first-order valence-corrected chi connectivity index (χ1v) is 6.94. The Bertz CT molecular complexity index is 352. The van der Waals surface area contributed by atoms with Crippen LogP contribution in [-0.2, 0) is 0 Å². The molecule has 1 aromatic carbocycles. The molecule has 0 bridgehead atoms. The number of halogens is 2. The second-order valence-corrected chi connectivity index (χ2v) is 5.24. The smallest absolute Gasteiger partial charge is 0.0410 e. The summed E-state index contributed by atoms with van der Waals surface area (Å²) < 4.78 is 1.26. The summed E-state index contributed by atoms with van der Waals surface area (Å²) in [5, 5.41) is 4.29. The van der Waals surface area contributed by atoms with Crippen LogP contribution in [0.3, 0.4) is 0 Å². The Labute approximate surface area is 116 Å². The molecule has 1 N–H and O–H groups in total. The van der Waals surface area contributed by atoms with Gasteiger partial charge in [-0.25, -0.2) is 0 Å². The molecule has 0 heterocycles. The molecule has 88 valence electrons. The van der Waals surface area contributed by atoms with Crippen molar-refractivity contribution < 1.29 is 0 Å². The quantitative estimate of drug-likeness (QED) is 0.586. The van der Waals surface area contributed by atoms with Crippen LogP contribution in [0, 0.1) is 3.57 Å². The normalized spacial score (nSPS) is 12.4. The van der Waals surface area contributed by atoms with Gasteiger partial charge in [-0.05, 0) is 65.7 Å². The fraction of sp³-hybridized carbons (Fsp3) is 0.385. The van der Waals surface area contributed by atoms with Crippen LogP contribution in [0.25, 0.3) is 0 Å². The zero-order valence-electron chi connectivity index (χ0n) is 9.47. The van der Waals surface area contributed by atoms with Crippen LogP contribution in [0.15, 0.2) is 30.9 Å². The van der Waals surface area contributed by atoms with Crippen LogP contribution in [0.2, 0.25) is 5.02 Å². The monoisotopic (exact) mass is 349 g/mol. The van der Waals surface area contributed by atoms with E-state index in [1.54, 1.807) is 0 Å². The molecule has 3 heteroatoms. The van der Waals surface area contributed by atoms with Gasteiger partial charge in [0.15, 0.2) is 0 Å². The third kappa shape index (κ3) is 4.07. The molecule has 0 aliphatic carbocycles. The minimum absolute atomic E-state index is 0.369. The van der Waals surface area contributed by atoms with Gasteiger partial charge in [-0.3, -0.25) is 0 Å². The Hall–Kier alpha value is -0.0600. The molecule has 16 heavy (non-hydrogen) atoms. The molecule has 0 fully saturated rings. The SMILES string of the molecule is C=CCCC(NCC)c1cc(Cl)ccc1I. The van der Waals surface area contributed by atoms with Crippen molar-refractivity contribution >= 4 is 34.2 Å². The van der Waals surface area contributed by atoms with Gasteiger partial charge in [-0.2, -0.15) is 0 Å². The third-order valence-electron chi connectivity index (χ3n) is 2.44. The first-order valence-electron chi connectivity index (χ1n) is 5.48. The first kappa shape index (κ1) is 14.0. The van der Waals surface area contributed by atoms with E-state index in [4.69, 9.17) is 11.6 Å². The number of hydrogen-bond donors (Lipinski definition) is 1. The van der Waals surface area contributed by atoms with Gasteiger partial charge in [-0.1, -0.05) is 24.6 Å². The number of benzene rings is 1. The maximum absolute atomic E-state index is 6.04. The Balaban J connectivity index is 2.89. The van der Waals surface area contributed by atoms with E-state index in [2.05, 4.69) is 53.5 Å². The predicted octanol–water partition coefficient (Wildman–Crippen LogP) is 4.56. The van der Waals surface area contributed by atoms with Crippen molar-refractivity contribution in [1.29, 1.82) is 0 Å². The van der Waals surface area contributed by atoms with Crippen molar-refractivity contribution in [2.75, 3.05) is 6.54 Å². The van der Waals surface area contributed by atoms with Crippen molar-refractivity contribution in [1.82, 2.24) is 5.32 Å². The van der Waals surface area contributed by atoms with Crippen molar-refractivity contribution in [2.45, 2.75) is 25.8 Å². The molecule has 0 aromatic heterocycles. The summed E-state index contributed by atoms with van der Waals surface area (Å²) in [5.74, 6) is 0.